The average Bonchev–Trinajstić information content (AvgIpc) is 2.81. The summed E-state index contributed by atoms with van der Waals surface area (Å²) in [6, 6.07) is 10.9. The fourth-order valence-corrected chi connectivity index (χ4v) is 1.89. The van der Waals surface area contributed by atoms with E-state index >= 15 is 0 Å². The molecule has 0 spiro atoms. The van der Waals surface area contributed by atoms with Crippen LogP contribution < -0.4 is 5.43 Å². The Morgan fingerprint density at radius 3 is 2.72 bits per heavy atom. The first-order valence-electron chi connectivity index (χ1n) is 5.57. The zero-order valence-corrected chi connectivity index (χ0v) is 9.63. The van der Waals surface area contributed by atoms with Crippen molar-refractivity contribution in [1.82, 2.24) is 14.6 Å². The summed E-state index contributed by atoms with van der Waals surface area (Å²) in [7, 11) is 0. The van der Waals surface area contributed by atoms with Crippen LogP contribution in [0, 0.1) is 0 Å². The van der Waals surface area contributed by atoms with Crippen molar-refractivity contribution in [3.8, 4) is 11.4 Å². The lowest BCUT2D eigenvalue weighted by Crippen LogP contribution is -1.99. The van der Waals surface area contributed by atoms with Gasteiger partial charge in [0.1, 0.15) is 5.65 Å². The van der Waals surface area contributed by atoms with E-state index in [2.05, 4.69) is 16.8 Å². The first kappa shape index (κ1) is 10.5. The van der Waals surface area contributed by atoms with Gasteiger partial charge < -0.3 is 0 Å². The molecule has 0 aliphatic carbocycles. The molecule has 1 aromatic carbocycles. The van der Waals surface area contributed by atoms with Crippen LogP contribution in [0.5, 0.6) is 0 Å². The third-order valence-corrected chi connectivity index (χ3v) is 2.84. The van der Waals surface area contributed by atoms with Gasteiger partial charge in [-0.1, -0.05) is 36.9 Å². The van der Waals surface area contributed by atoms with E-state index in [0.717, 1.165) is 17.0 Å². The Kier molecular flexibility index (Phi) is 2.34. The summed E-state index contributed by atoms with van der Waals surface area (Å²) in [5.41, 5.74) is 2.69. The van der Waals surface area contributed by atoms with Crippen LogP contribution in [0.15, 0.2) is 54.0 Å². The van der Waals surface area contributed by atoms with E-state index in [9.17, 15) is 4.79 Å². The molecule has 18 heavy (non-hydrogen) atoms. The Bertz CT molecular complexity index is 766. The molecule has 0 saturated carbocycles. The van der Waals surface area contributed by atoms with Crippen LogP contribution in [0.1, 0.15) is 5.56 Å². The molecule has 0 bridgehead atoms. The minimum Gasteiger partial charge on any atom is -0.290 e. The fourth-order valence-electron chi connectivity index (χ4n) is 1.89. The van der Waals surface area contributed by atoms with E-state index in [4.69, 9.17) is 0 Å². The third kappa shape index (κ3) is 1.64. The summed E-state index contributed by atoms with van der Waals surface area (Å²) in [6.07, 6.45) is 3.52. The molecule has 2 heterocycles. The summed E-state index contributed by atoms with van der Waals surface area (Å²) in [5.74, 6) is 0.778. The summed E-state index contributed by atoms with van der Waals surface area (Å²) in [5, 5.41) is 7.08. The van der Waals surface area contributed by atoms with Gasteiger partial charge in [0.05, 0.1) is 0 Å². The van der Waals surface area contributed by atoms with Gasteiger partial charge in [0.2, 0.25) is 0 Å². The zero-order valence-electron chi connectivity index (χ0n) is 9.63. The second-order valence-corrected chi connectivity index (χ2v) is 3.99. The maximum absolute atomic E-state index is 11.2. The summed E-state index contributed by atoms with van der Waals surface area (Å²) in [4.78, 5) is 11.2. The predicted octanol–water partition coefficient (Wildman–Crippen LogP) is 2.33. The molecular formula is C14H11N3O. The molecule has 0 atom stereocenters. The Balaban J connectivity index is 2.18. The van der Waals surface area contributed by atoms with Gasteiger partial charge in [-0.15, -0.1) is 0 Å². The van der Waals surface area contributed by atoms with Crippen molar-refractivity contribution < 1.29 is 0 Å². The third-order valence-electron chi connectivity index (χ3n) is 2.84. The van der Waals surface area contributed by atoms with Crippen molar-refractivity contribution >= 4 is 11.7 Å². The van der Waals surface area contributed by atoms with E-state index in [1.54, 1.807) is 12.3 Å². The highest BCUT2D eigenvalue weighted by Gasteiger charge is 2.06. The van der Waals surface area contributed by atoms with Gasteiger partial charge in [0.15, 0.2) is 11.3 Å². The monoisotopic (exact) mass is 237 g/mol. The number of fused-ring (bicyclic) bond motifs is 1. The molecule has 4 heteroatoms. The van der Waals surface area contributed by atoms with Crippen LogP contribution in [-0.4, -0.2) is 14.6 Å². The Hall–Kier alpha value is -2.62. The van der Waals surface area contributed by atoms with Crippen LogP contribution in [-0.2, 0) is 0 Å². The van der Waals surface area contributed by atoms with Crippen LogP contribution in [0.2, 0.25) is 0 Å². The van der Waals surface area contributed by atoms with Gasteiger partial charge in [-0.3, -0.25) is 14.3 Å². The zero-order chi connectivity index (χ0) is 12.5. The number of pyridine rings is 1. The van der Waals surface area contributed by atoms with E-state index in [-0.39, 0.29) is 5.43 Å². The number of rotatable bonds is 2. The molecule has 0 aliphatic rings. The van der Waals surface area contributed by atoms with Crippen molar-refractivity contribution in [1.29, 1.82) is 0 Å². The smallest absolute Gasteiger partial charge is 0.183 e. The van der Waals surface area contributed by atoms with E-state index in [0.29, 0.717) is 5.65 Å². The maximum Gasteiger partial charge on any atom is 0.183 e. The quantitative estimate of drug-likeness (QED) is 0.743. The standard InChI is InChI=1S/C14H11N3O/c1-2-10-3-5-11(6-4-10)14-16-15-13-9-12(18)7-8-17(13)14/h2-9,15H,1H2. The summed E-state index contributed by atoms with van der Waals surface area (Å²) >= 11 is 0. The number of nitrogens with zero attached hydrogens (tertiary/aromatic N) is 2. The van der Waals surface area contributed by atoms with E-state index in [1.165, 1.54) is 12.1 Å². The molecular weight excluding hydrogens is 226 g/mol. The van der Waals surface area contributed by atoms with Crippen molar-refractivity contribution in [3.63, 3.8) is 0 Å². The number of nitrogens with one attached hydrogen (secondary N) is 1. The largest absolute Gasteiger partial charge is 0.290 e. The molecule has 2 aromatic heterocycles. The minimum absolute atomic E-state index is 0.0350. The summed E-state index contributed by atoms with van der Waals surface area (Å²) < 4.78 is 1.85. The molecule has 88 valence electrons. The second kappa shape index (κ2) is 4.00. The van der Waals surface area contributed by atoms with Crippen LogP contribution in [0.25, 0.3) is 23.1 Å². The first-order valence-corrected chi connectivity index (χ1v) is 5.57. The Morgan fingerprint density at radius 1 is 1.22 bits per heavy atom. The number of benzene rings is 1. The lowest BCUT2D eigenvalue weighted by Gasteiger charge is -2.00. The molecule has 0 aliphatic heterocycles. The number of hydrogen-bond acceptors (Lipinski definition) is 2. The SMILES string of the molecule is C=Cc1ccc(-c2n[nH]c3cc(=O)ccn23)cc1. The normalized spacial score (nSPS) is 10.7. The Labute approximate surface area is 103 Å². The molecule has 0 radical (unpaired) electrons. The molecule has 0 fully saturated rings. The first-order chi connectivity index (χ1) is 8.78. The number of H-pyrrole nitrogens is 1. The van der Waals surface area contributed by atoms with Gasteiger partial charge in [0, 0.05) is 23.9 Å². The van der Waals surface area contributed by atoms with Crippen molar-refractivity contribution in [3.05, 3.63) is 65.0 Å². The lowest BCUT2D eigenvalue weighted by molar-refractivity contribution is 1.11. The van der Waals surface area contributed by atoms with Gasteiger partial charge in [-0.2, -0.15) is 5.10 Å². The molecule has 3 aromatic rings. The molecule has 4 nitrogen and oxygen atoms in total. The molecule has 3 rings (SSSR count). The van der Waals surface area contributed by atoms with Crippen LogP contribution in [0.3, 0.4) is 0 Å². The summed E-state index contributed by atoms with van der Waals surface area (Å²) in [6.45, 7) is 3.72. The molecule has 0 unspecified atom stereocenters. The number of aromatic nitrogens is 3. The highest BCUT2D eigenvalue weighted by molar-refractivity contribution is 5.62. The van der Waals surface area contributed by atoms with Crippen molar-refractivity contribution in [2.75, 3.05) is 0 Å². The van der Waals surface area contributed by atoms with Crippen molar-refractivity contribution in [2.24, 2.45) is 0 Å². The lowest BCUT2D eigenvalue weighted by atomic mass is 10.1. The minimum atomic E-state index is -0.0350. The second-order valence-electron chi connectivity index (χ2n) is 3.99. The fraction of sp³-hybridized carbons (Fsp3) is 0. The number of aromatic amines is 1. The predicted molar refractivity (Wildman–Crippen MR) is 71.3 cm³/mol. The van der Waals surface area contributed by atoms with Crippen molar-refractivity contribution in [2.45, 2.75) is 0 Å². The van der Waals surface area contributed by atoms with E-state index in [1.807, 2.05) is 28.7 Å². The van der Waals surface area contributed by atoms with Crippen LogP contribution in [0.4, 0.5) is 0 Å². The van der Waals surface area contributed by atoms with E-state index < -0.39 is 0 Å². The van der Waals surface area contributed by atoms with Gasteiger partial charge >= 0.3 is 0 Å². The molecule has 1 N–H and O–H groups in total. The average molecular weight is 237 g/mol. The Morgan fingerprint density at radius 2 is 2.00 bits per heavy atom. The van der Waals surface area contributed by atoms with Gasteiger partial charge in [-0.25, -0.2) is 0 Å². The topological polar surface area (TPSA) is 50.2 Å². The molecule has 0 amide bonds. The number of hydrogen-bond donors (Lipinski definition) is 1. The van der Waals surface area contributed by atoms with Crippen LogP contribution >= 0.6 is 0 Å². The van der Waals surface area contributed by atoms with Gasteiger partial charge in [0.25, 0.3) is 0 Å². The van der Waals surface area contributed by atoms with Gasteiger partial charge in [-0.05, 0) is 5.56 Å². The highest BCUT2D eigenvalue weighted by atomic mass is 16.1. The molecule has 0 saturated heterocycles. The highest BCUT2D eigenvalue weighted by Crippen LogP contribution is 2.18. The maximum atomic E-state index is 11.2.